The van der Waals surface area contributed by atoms with Gasteiger partial charge in [-0.25, -0.2) is 4.98 Å². The predicted molar refractivity (Wildman–Crippen MR) is 81.6 cm³/mol. The molecule has 1 heterocycles. The first-order valence-electron chi connectivity index (χ1n) is 6.50. The molecule has 0 aliphatic rings. The molecule has 0 spiro atoms. The third-order valence-corrected chi connectivity index (χ3v) is 4.13. The number of nitrogens with zero attached hydrogens (tertiary/aromatic N) is 1. The normalized spacial score (nSPS) is 12.1. The molecule has 1 atom stereocenters. The van der Waals surface area contributed by atoms with E-state index in [-0.39, 0.29) is 22.8 Å². The molecule has 110 valence electrons. The summed E-state index contributed by atoms with van der Waals surface area (Å²) in [6.07, 6.45) is -0.312. The van der Waals surface area contributed by atoms with Crippen molar-refractivity contribution in [1.29, 1.82) is 0 Å². The van der Waals surface area contributed by atoms with Gasteiger partial charge in [-0.05, 0) is 19.4 Å². The van der Waals surface area contributed by atoms with Crippen molar-refractivity contribution >= 4 is 17.7 Å². The summed E-state index contributed by atoms with van der Waals surface area (Å²) in [5.74, 6) is -1.04. The summed E-state index contributed by atoms with van der Waals surface area (Å²) in [5, 5.41) is 9.43. The van der Waals surface area contributed by atoms with E-state index in [4.69, 9.17) is 5.11 Å². The maximum atomic E-state index is 11.9. The first-order valence-corrected chi connectivity index (χ1v) is 7.38. The summed E-state index contributed by atoms with van der Waals surface area (Å²) in [4.78, 5) is 29.6. The van der Waals surface area contributed by atoms with Gasteiger partial charge in [-0.15, -0.1) is 0 Å². The second-order valence-corrected chi connectivity index (χ2v) is 6.01. The highest BCUT2D eigenvalue weighted by molar-refractivity contribution is 7.99. The largest absolute Gasteiger partial charge is 0.481 e. The number of H-pyrrole nitrogens is 1. The number of carboxylic acid groups (broad SMARTS) is 1. The maximum absolute atomic E-state index is 11.9. The standard InChI is InChI=1S/C15H16N2O3S/c1-9-12(8-13(18)19)14(20)17-15(16-9)21-10(2)11-6-4-3-5-7-11/h3-7,10H,8H2,1-2H3,(H,18,19)(H,16,17,20). The Labute approximate surface area is 126 Å². The molecule has 0 radical (unpaired) electrons. The van der Waals surface area contributed by atoms with E-state index in [1.54, 1.807) is 6.92 Å². The van der Waals surface area contributed by atoms with Crippen LogP contribution in [0.25, 0.3) is 0 Å². The Morgan fingerprint density at radius 3 is 2.62 bits per heavy atom. The van der Waals surface area contributed by atoms with Crippen molar-refractivity contribution in [3.8, 4) is 0 Å². The summed E-state index contributed by atoms with van der Waals surface area (Å²) >= 11 is 1.44. The van der Waals surface area contributed by atoms with Gasteiger partial charge in [0.15, 0.2) is 5.16 Å². The first-order chi connectivity index (χ1) is 9.97. The van der Waals surface area contributed by atoms with E-state index in [1.165, 1.54) is 11.8 Å². The fraction of sp³-hybridized carbons (Fsp3) is 0.267. The second kappa shape index (κ2) is 6.58. The number of carboxylic acids is 1. The fourth-order valence-electron chi connectivity index (χ4n) is 1.96. The Balaban J connectivity index is 2.22. The highest BCUT2D eigenvalue weighted by Gasteiger charge is 2.14. The zero-order chi connectivity index (χ0) is 15.4. The van der Waals surface area contributed by atoms with Gasteiger partial charge in [0, 0.05) is 16.5 Å². The predicted octanol–water partition coefficient (Wildman–Crippen LogP) is 2.56. The van der Waals surface area contributed by atoms with Crippen LogP contribution in [0.5, 0.6) is 0 Å². The fourth-order valence-corrected chi connectivity index (χ4v) is 2.93. The van der Waals surface area contributed by atoms with Crippen LogP contribution in [0.3, 0.4) is 0 Å². The molecule has 2 aromatic rings. The number of aliphatic carboxylic acids is 1. The van der Waals surface area contributed by atoms with Crippen LogP contribution in [0.2, 0.25) is 0 Å². The number of rotatable bonds is 5. The van der Waals surface area contributed by atoms with Gasteiger partial charge < -0.3 is 10.1 Å². The van der Waals surface area contributed by atoms with E-state index in [0.717, 1.165) is 5.56 Å². The van der Waals surface area contributed by atoms with Gasteiger partial charge in [0.1, 0.15) is 0 Å². The molecule has 1 aromatic heterocycles. The van der Waals surface area contributed by atoms with E-state index in [0.29, 0.717) is 10.9 Å². The van der Waals surface area contributed by atoms with Gasteiger partial charge in [0.05, 0.1) is 6.42 Å². The Kier molecular flexibility index (Phi) is 4.80. The van der Waals surface area contributed by atoms with Crippen LogP contribution < -0.4 is 5.56 Å². The number of nitrogens with one attached hydrogen (secondary N) is 1. The van der Waals surface area contributed by atoms with Crippen LogP contribution in [0, 0.1) is 6.92 Å². The third kappa shape index (κ3) is 3.95. The number of aromatic nitrogens is 2. The minimum absolute atomic E-state index is 0.138. The van der Waals surface area contributed by atoms with Gasteiger partial charge in [-0.2, -0.15) is 0 Å². The number of thioether (sulfide) groups is 1. The summed E-state index contributed by atoms with van der Waals surface area (Å²) in [6.45, 7) is 3.69. The van der Waals surface area contributed by atoms with E-state index < -0.39 is 5.97 Å². The molecule has 2 N–H and O–H groups in total. The van der Waals surface area contributed by atoms with E-state index in [1.807, 2.05) is 37.3 Å². The summed E-state index contributed by atoms with van der Waals surface area (Å²) in [5.41, 5.74) is 1.42. The van der Waals surface area contributed by atoms with E-state index >= 15 is 0 Å². The molecule has 1 aromatic carbocycles. The summed E-state index contributed by atoms with van der Waals surface area (Å²) < 4.78 is 0. The average molecular weight is 304 g/mol. The first kappa shape index (κ1) is 15.3. The van der Waals surface area contributed by atoms with Gasteiger partial charge >= 0.3 is 5.97 Å². The van der Waals surface area contributed by atoms with Crippen LogP contribution in [0.1, 0.15) is 29.0 Å². The average Bonchev–Trinajstić information content (AvgIpc) is 2.43. The van der Waals surface area contributed by atoms with Crippen LogP contribution in [0.15, 0.2) is 40.3 Å². The number of benzene rings is 1. The zero-order valence-electron chi connectivity index (χ0n) is 11.8. The SMILES string of the molecule is Cc1nc(SC(C)c2ccccc2)[nH]c(=O)c1CC(=O)O. The van der Waals surface area contributed by atoms with E-state index in [9.17, 15) is 9.59 Å². The lowest BCUT2D eigenvalue weighted by Gasteiger charge is -2.11. The van der Waals surface area contributed by atoms with Crippen molar-refractivity contribution in [2.45, 2.75) is 30.7 Å². The monoisotopic (exact) mass is 304 g/mol. The second-order valence-electron chi connectivity index (χ2n) is 4.68. The van der Waals surface area contributed by atoms with Crippen molar-refractivity contribution < 1.29 is 9.90 Å². The molecule has 6 heteroatoms. The molecule has 0 saturated carbocycles. The van der Waals surface area contributed by atoms with Crippen LogP contribution in [0.4, 0.5) is 0 Å². The van der Waals surface area contributed by atoms with Gasteiger partial charge in [0.2, 0.25) is 0 Å². The van der Waals surface area contributed by atoms with Crippen LogP contribution in [-0.2, 0) is 11.2 Å². The lowest BCUT2D eigenvalue weighted by atomic mass is 10.2. The quantitative estimate of drug-likeness (QED) is 0.655. The van der Waals surface area contributed by atoms with Gasteiger partial charge in [0.25, 0.3) is 5.56 Å². The topological polar surface area (TPSA) is 83.0 Å². The highest BCUT2D eigenvalue weighted by atomic mass is 32.2. The lowest BCUT2D eigenvalue weighted by molar-refractivity contribution is -0.136. The van der Waals surface area contributed by atoms with Crippen molar-refractivity contribution in [1.82, 2.24) is 9.97 Å². The number of aryl methyl sites for hydroxylation is 1. The summed E-state index contributed by atoms with van der Waals surface area (Å²) in [6, 6.07) is 9.91. The molecule has 5 nitrogen and oxygen atoms in total. The summed E-state index contributed by atoms with van der Waals surface area (Å²) in [7, 11) is 0. The van der Waals surface area contributed by atoms with Gasteiger partial charge in [-0.1, -0.05) is 42.1 Å². The molecule has 0 saturated heterocycles. The Morgan fingerprint density at radius 1 is 1.38 bits per heavy atom. The van der Waals surface area contributed by atoms with Crippen molar-refractivity contribution in [2.24, 2.45) is 0 Å². The molecule has 0 fully saturated rings. The Morgan fingerprint density at radius 2 is 2.05 bits per heavy atom. The van der Waals surface area contributed by atoms with Crippen molar-refractivity contribution in [2.75, 3.05) is 0 Å². The maximum Gasteiger partial charge on any atom is 0.308 e. The van der Waals surface area contributed by atoms with Crippen LogP contribution in [-0.4, -0.2) is 21.0 Å². The molecule has 0 amide bonds. The molecule has 21 heavy (non-hydrogen) atoms. The number of hydrogen-bond acceptors (Lipinski definition) is 4. The minimum Gasteiger partial charge on any atom is -0.481 e. The molecule has 0 aliphatic carbocycles. The van der Waals surface area contributed by atoms with Crippen LogP contribution >= 0.6 is 11.8 Å². The molecule has 0 aliphatic heterocycles. The van der Waals surface area contributed by atoms with Crippen molar-refractivity contribution in [3.63, 3.8) is 0 Å². The molecule has 1 unspecified atom stereocenters. The highest BCUT2D eigenvalue weighted by Crippen LogP contribution is 2.32. The number of aromatic amines is 1. The smallest absolute Gasteiger partial charge is 0.308 e. The molecular weight excluding hydrogens is 288 g/mol. The van der Waals surface area contributed by atoms with Gasteiger partial charge in [-0.3, -0.25) is 9.59 Å². The minimum atomic E-state index is -1.04. The molecule has 2 rings (SSSR count). The number of carbonyl (C=O) groups is 1. The number of hydrogen-bond donors (Lipinski definition) is 2. The lowest BCUT2D eigenvalue weighted by Crippen LogP contribution is -2.20. The van der Waals surface area contributed by atoms with Crippen molar-refractivity contribution in [3.05, 3.63) is 57.5 Å². The Bertz CT molecular complexity index is 698. The third-order valence-electron chi connectivity index (χ3n) is 3.09. The molecular formula is C15H16N2O3S. The zero-order valence-corrected chi connectivity index (χ0v) is 12.6. The van der Waals surface area contributed by atoms with E-state index in [2.05, 4.69) is 9.97 Å². The Hall–Kier alpha value is -2.08. The molecule has 0 bridgehead atoms.